The predicted octanol–water partition coefficient (Wildman–Crippen LogP) is 0.238. The number of benzene rings is 1. The standard InChI is InChI=1S/C10H14N2O7S2/c1-8(7-19-20(2,15)16)11-21(17,18)10-6-4-3-5-9(10)12(13)14/h3-6,8,11H,7H2,1-2H3/t8-/m0/s1. The van der Waals surface area contributed by atoms with Crippen LogP contribution in [0.1, 0.15) is 6.92 Å². The maximum absolute atomic E-state index is 12.1. The van der Waals surface area contributed by atoms with Crippen LogP contribution in [-0.4, -0.2) is 40.7 Å². The molecule has 118 valence electrons. The quantitative estimate of drug-likeness (QED) is 0.427. The largest absolute Gasteiger partial charge is 0.289 e. The molecule has 1 N–H and O–H groups in total. The van der Waals surface area contributed by atoms with Crippen molar-refractivity contribution in [3.8, 4) is 0 Å². The molecule has 0 aliphatic heterocycles. The highest BCUT2D eigenvalue weighted by Gasteiger charge is 2.26. The molecule has 0 radical (unpaired) electrons. The third-order valence-electron chi connectivity index (χ3n) is 2.24. The minimum atomic E-state index is -4.17. The molecule has 0 fully saturated rings. The number of sulfonamides is 1. The van der Waals surface area contributed by atoms with Crippen molar-refractivity contribution in [1.82, 2.24) is 4.72 Å². The summed E-state index contributed by atoms with van der Waals surface area (Å²) in [6, 6.07) is 3.95. The Labute approximate surface area is 122 Å². The Balaban J connectivity index is 2.95. The fourth-order valence-electron chi connectivity index (χ4n) is 1.42. The van der Waals surface area contributed by atoms with Crippen molar-refractivity contribution in [1.29, 1.82) is 0 Å². The lowest BCUT2D eigenvalue weighted by atomic mass is 10.3. The molecule has 1 aromatic rings. The van der Waals surface area contributed by atoms with Gasteiger partial charge in [-0.1, -0.05) is 12.1 Å². The van der Waals surface area contributed by atoms with Crippen molar-refractivity contribution in [2.75, 3.05) is 12.9 Å². The van der Waals surface area contributed by atoms with Crippen LogP contribution in [0.4, 0.5) is 5.69 Å². The molecule has 0 aliphatic carbocycles. The van der Waals surface area contributed by atoms with E-state index in [1.54, 1.807) is 0 Å². The van der Waals surface area contributed by atoms with Crippen LogP contribution < -0.4 is 4.72 Å². The van der Waals surface area contributed by atoms with Gasteiger partial charge in [-0.05, 0) is 13.0 Å². The summed E-state index contributed by atoms with van der Waals surface area (Å²) < 4.78 is 52.4. The molecule has 0 spiro atoms. The third-order valence-corrected chi connectivity index (χ3v) is 4.44. The van der Waals surface area contributed by atoms with Gasteiger partial charge in [0.05, 0.1) is 17.8 Å². The molecule has 0 heterocycles. The van der Waals surface area contributed by atoms with Crippen molar-refractivity contribution >= 4 is 25.8 Å². The summed E-state index contributed by atoms with van der Waals surface area (Å²) >= 11 is 0. The van der Waals surface area contributed by atoms with Gasteiger partial charge in [0, 0.05) is 12.1 Å². The number of nitrogens with one attached hydrogen (secondary N) is 1. The van der Waals surface area contributed by atoms with Crippen LogP contribution in [0.3, 0.4) is 0 Å². The highest BCUT2D eigenvalue weighted by atomic mass is 32.2. The van der Waals surface area contributed by atoms with E-state index in [4.69, 9.17) is 0 Å². The smallest absolute Gasteiger partial charge is 0.269 e. The Morgan fingerprint density at radius 3 is 2.38 bits per heavy atom. The second-order valence-corrected chi connectivity index (χ2v) is 7.56. The Bertz CT molecular complexity index is 728. The van der Waals surface area contributed by atoms with Gasteiger partial charge in [-0.15, -0.1) is 0 Å². The Morgan fingerprint density at radius 1 is 1.29 bits per heavy atom. The summed E-state index contributed by atoms with van der Waals surface area (Å²) in [6.45, 7) is 0.955. The van der Waals surface area contributed by atoms with Gasteiger partial charge in [0.15, 0.2) is 4.90 Å². The van der Waals surface area contributed by atoms with Gasteiger partial charge < -0.3 is 0 Å². The lowest BCUT2D eigenvalue weighted by Gasteiger charge is -2.13. The summed E-state index contributed by atoms with van der Waals surface area (Å²) in [5.41, 5.74) is -0.568. The number of nitro benzene ring substituents is 1. The van der Waals surface area contributed by atoms with Crippen LogP contribution in [0.2, 0.25) is 0 Å². The first-order valence-corrected chi connectivity index (χ1v) is 8.93. The molecule has 1 aromatic carbocycles. The van der Waals surface area contributed by atoms with Crippen LogP contribution in [0.5, 0.6) is 0 Å². The van der Waals surface area contributed by atoms with E-state index >= 15 is 0 Å². The number of hydrogen-bond donors (Lipinski definition) is 1. The fourth-order valence-corrected chi connectivity index (χ4v) is 3.27. The van der Waals surface area contributed by atoms with E-state index in [1.807, 2.05) is 0 Å². The summed E-state index contributed by atoms with van der Waals surface area (Å²) in [5, 5.41) is 10.8. The lowest BCUT2D eigenvalue weighted by Crippen LogP contribution is -2.36. The normalized spacial score (nSPS) is 13.8. The molecule has 1 rings (SSSR count). The first kappa shape index (κ1) is 17.5. The van der Waals surface area contributed by atoms with Gasteiger partial charge >= 0.3 is 0 Å². The van der Waals surface area contributed by atoms with Crippen LogP contribution >= 0.6 is 0 Å². The number of nitro groups is 1. The van der Waals surface area contributed by atoms with Crippen LogP contribution in [0.15, 0.2) is 29.2 Å². The van der Waals surface area contributed by atoms with E-state index in [-0.39, 0.29) is 0 Å². The molecule has 0 saturated heterocycles. The number of nitrogens with zero attached hydrogens (tertiary/aromatic N) is 1. The molecule has 0 aromatic heterocycles. The van der Waals surface area contributed by atoms with Crippen LogP contribution in [0.25, 0.3) is 0 Å². The highest BCUT2D eigenvalue weighted by molar-refractivity contribution is 7.89. The maximum Gasteiger partial charge on any atom is 0.289 e. The Hall–Kier alpha value is -1.56. The molecule has 9 nitrogen and oxygen atoms in total. The minimum Gasteiger partial charge on any atom is -0.269 e. The van der Waals surface area contributed by atoms with Crippen molar-refractivity contribution in [3.05, 3.63) is 34.4 Å². The van der Waals surface area contributed by atoms with Crippen LogP contribution in [0, 0.1) is 10.1 Å². The molecule has 0 bridgehead atoms. The second kappa shape index (κ2) is 6.47. The monoisotopic (exact) mass is 338 g/mol. The SMILES string of the molecule is C[C@@H](COS(C)(=O)=O)NS(=O)(=O)c1ccccc1[N+](=O)[O-]. The third kappa shape index (κ3) is 5.38. The van der Waals surface area contributed by atoms with E-state index in [0.717, 1.165) is 18.4 Å². The van der Waals surface area contributed by atoms with Gasteiger partial charge in [-0.25, -0.2) is 13.1 Å². The summed E-state index contributed by atoms with van der Waals surface area (Å²) in [6.07, 6.45) is 0.830. The zero-order valence-electron chi connectivity index (χ0n) is 11.2. The molecule has 0 saturated carbocycles. The molecule has 11 heteroatoms. The molecule has 0 unspecified atom stereocenters. The summed E-state index contributed by atoms with van der Waals surface area (Å²) in [4.78, 5) is 9.51. The van der Waals surface area contributed by atoms with Crippen molar-refractivity contribution in [2.45, 2.75) is 17.9 Å². The van der Waals surface area contributed by atoms with E-state index in [2.05, 4.69) is 8.91 Å². The first-order valence-electron chi connectivity index (χ1n) is 5.63. The summed E-state index contributed by atoms with van der Waals surface area (Å²) in [5.74, 6) is 0. The number of hydrogen-bond acceptors (Lipinski definition) is 7. The Kier molecular flexibility index (Phi) is 5.39. The van der Waals surface area contributed by atoms with E-state index < -0.39 is 48.3 Å². The van der Waals surface area contributed by atoms with Gasteiger partial charge in [0.25, 0.3) is 15.8 Å². The van der Waals surface area contributed by atoms with Crippen molar-refractivity contribution in [3.63, 3.8) is 0 Å². The van der Waals surface area contributed by atoms with Crippen molar-refractivity contribution < 1.29 is 25.9 Å². The van der Waals surface area contributed by atoms with Gasteiger partial charge in [0.1, 0.15) is 0 Å². The van der Waals surface area contributed by atoms with Gasteiger partial charge in [0.2, 0.25) is 10.0 Å². The van der Waals surface area contributed by atoms with Gasteiger partial charge in [-0.3, -0.25) is 14.3 Å². The fraction of sp³-hybridized carbons (Fsp3) is 0.400. The number of para-hydroxylation sites is 1. The minimum absolute atomic E-state index is 0.418. The first-order chi connectivity index (χ1) is 9.53. The second-order valence-electron chi connectivity index (χ2n) is 4.24. The van der Waals surface area contributed by atoms with Crippen molar-refractivity contribution in [2.24, 2.45) is 0 Å². The Morgan fingerprint density at radius 2 is 1.86 bits per heavy atom. The predicted molar refractivity (Wildman–Crippen MR) is 73.7 cm³/mol. The zero-order valence-corrected chi connectivity index (χ0v) is 12.8. The molecule has 0 amide bonds. The highest BCUT2D eigenvalue weighted by Crippen LogP contribution is 2.22. The molecule has 1 atom stereocenters. The molecule has 21 heavy (non-hydrogen) atoms. The molecular weight excluding hydrogens is 324 g/mol. The zero-order chi connectivity index (χ0) is 16.3. The van der Waals surface area contributed by atoms with E-state index in [9.17, 15) is 26.9 Å². The van der Waals surface area contributed by atoms with E-state index in [1.165, 1.54) is 19.1 Å². The molecular formula is C10H14N2O7S2. The topological polar surface area (TPSA) is 133 Å². The van der Waals surface area contributed by atoms with Crippen LogP contribution in [-0.2, 0) is 24.3 Å². The average molecular weight is 338 g/mol. The number of rotatable bonds is 7. The summed E-state index contributed by atoms with van der Waals surface area (Å²) in [7, 11) is -7.87. The lowest BCUT2D eigenvalue weighted by molar-refractivity contribution is -0.387. The molecule has 0 aliphatic rings. The maximum atomic E-state index is 12.1. The van der Waals surface area contributed by atoms with E-state index in [0.29, 0.717) is 0 Å². The average Bonchev–Trinajstić information content (AvgIpc) is 2.35. The van der Waals surface area contributed by atoms with Gasteiger partial charge in [-0.2, -0.15) is 8.42 Å².